The summed E-state index contributed by atoms with van der Waals surface area (Å²) in [5.74, 6) is 0.801. The van der Waals surface area contributed by atoms with Crippen LogP contribution in [-0.2, 0) is 11.2 Å². The first-order chi connectivity index (χ1) is 9.75. The molecule has 0 radical (unpaired) electrons. The monoisotopic (exact) mass is 278 g/mol. The van der Waals surface area contributed by atoms with Crippen LogP contribution < -0.4 is 9.64 Å². The van der Waals surface area contributed by atoms with Crippen LogP contribution in [0.3, 0.4) is 0 Å². The molecule has 0 spiro atoms. The number of nitro groups is 1. The van der Waals surface area contributed by atoms with Crippen LogP contribution in [0.5, 0.6) is 5.75 Å². The Morgan fingerprint density at radius 1 is 1.15 bits per heavy atom. The van der Waals surface area contributed by atoms with Gasteiger partial charge in [-0.2, -0.15) is 0 Å². The highest BCUT2D eigenvalue weighted by atomic mass is 16.6. The van der Waals surface area contributed by atoms with E-state index in [1.54, 1.807) is 6.07 Å². The van der Waals surface area contributed by atoms with Crippen LogP contribution in [0.15, 0.2) is 12.1 Å². The molecule has 0 atom stereocenters. The predicted octanol–water partition coefficient (Wildman–Crippen LogP) is 2.15. The highest BCUT2D eigenvalue weighted by Crippen LogP contribution is 2.37. The molecule has 1 aromatic rings. The van der Waals surface area contributed by atoms with Gasteiger partial charge in [-0.15, -0.1) is 0 Å². The lowest BCUT2D eigenvalue weighted by Crippen LogP contribution is -2.36. The van der Waals surface area contributed by atoms with Crippen molar-refractivity contribution in [2.75, 3.05) is 37.8 Å². The zero-order chi connectivity index (χ0) is 13.9. The van der Waals surface area contributed by atoms with Crippen LogP contribution in [0.4, 0.5) is 11.4 Å². The Hall–Kier alpha value is -1.82. The number of benzene rings is 1. The Morgan fingerprint density at radius 3 is 2.70 bits per heavy atom. The second kappa shape index (κ2) is 5.66. The normalized spacial score (nSPS) is 18.9. The van der Waals surface area contributed by atoms with E-state index in [0.717, 1.165) is 30.6 Å². The number of nitro benzene ring substituents is 1. The van der Waals surface area contributed by atoms with Gasteiger partial charge in [-0.3, -0.25) is 10.1 Å². The van der Waals surface area contributed by atoms with E-state index >= 15 is 0 Å². The fraction of sp³-hybridized carbons (Fsp3) is 0.571. The van der Waals surface area contributed by atoms with Gasteiger partial charge in [-0.1, -0.05) is 0 Å². The molecule has 0 unspecified atom stereocenters. The van der Waals surface area contributed by atoms with Gasteiger partial charge in [0, 0.05) is 30.8 Å². The Labute approximate surface area is 117 Å². The van der Waals surface area contributed by atoms with E-state index in [-0.39, 0.29) is 10.6 Å². The predicted molar refractivity (Wildman–Crippen MR) is 74.6 cm³/mol. The summed E-state index contributed by atoms with van der Waals surface area (Å²) >= 11 is 0. The minimum Gasteiger partial charge on any atom is -0.493 e. The number of rotatable bonds is 2. The highest BCUT2D eigenvalue weighted by Gasteiger charge is 2.25. The quantitative estimate of drug-likeness (QED) is 0.612. The maximum atomic E-state index is 11.3. The average molecular weight is 278 g/mol. The van der Waals surface area contributed by atoms with Gasteiger partial charge < -0.3 is 14.4 Å². The third-order valence-electron chi connectivity index (χ3n) is 3.80. The summed E-state index contributed by atoms with van der Waals surface area (Å²) in [5.41, 5.74) is 1.78. The minimum absolute atomic E-state index is 0.177. The Morgan fingerprint density at radius 2 is 1.95 bits per heavy atom. The first-order valence-corrected chi connectivity index (χ1v) is 7.02. The average Bonchev–Trinajstić information content (AvgIpc) is 2.71. The van der Waals surface area contributed by atoms with E-state index in [4.69, 9.17) is 9.47 Å². The van der Waals surface area contributed by atoms with Crippen LogP contribution in [0, 0.1) is 10.1 Å². The maximum absolute atomic E-state index is 11.3. The smallest absolute Gasteiger partial charge is 0.293 e. The molecule has 2 heterocycles. The van der Waals surface area contributed by atoms with Crippen molar-refractivity contribution in [2.45, 2.75) is 19.3 Å². The van der Waals surface area contributed by atoms with Crippen molar-refractivity contribution in [3.05, 3.63) is 27.8 Å². The molecule has 6 heteroatoms. The second-order valence-corrected chi connectivity index (χ2v) is 5.11. The maximum Gasteiger partial charge on any atom is 0.293 e. The molecule has 0 saturated carbocycles. The number of anilines is 1. The lowest BCUT2D eigenvalue weighted by atomic mass is 10.1. The molecule has 0 amide bonds. The summed E-state index contributed by atoms with van der Waals surface area (Å²) < 4.78 is 11.0. The number of ether oxygens (including phenoxy) is 2. The lowest BCUT2D eigenvalue weighted by molar-refractivity contribution is -0.384. The molecular formula is C14H18N2O4. The van der Waals surface area contributed by atoms with E-state index in [9.17, 15) is 10.1 Å². The number of hydrogen-bond donors (Lipinski definition) is 0. The van der Waals surface area contributed by atoms with E-state index in [2.05, 4.69) is 0 Å². The summed E-state index contributed by atoms with van der Waals surface area (Å²) in [4.78, 5) is 13.1. The summed E-state index contributed by atoms with van der Waals surface area (Å²) in [6, 6.07) is 3.52. The first-order valence-electron chi connectivity index (χ1n) is 7.02. The first kappa shape index (κ1) is 13.2. The molecule has 6 nitrogen and oxygen atoms in total. The van der Waals surface area contributed by atoms with Crippen molar-refractivity contribution in [1.82, 2.24) is 0 Å². The van der Waals surface area contributed by atoms with E-state index in [1.165, 1.54) is 0 Å². The molecule has 108 valence electrons. The van der Waals surface area contributed by atoms with E-state index in [0.29, 0.717) is 38.6 Å². The fourth-order valence-corrected chi connectivity index (χ4v) is 2.73. The fourth-order valence-electron chi connectivity index (χ4n) is 2.73. The van der Waals surface area contributed by atoms with Gasteiger partial charge in [-0.25, -0.2) is 0 Å². The molecule has 20 heavy (non-hydrogen) atoms. The standard InChI is InChI=1S/C14H18N2O4/c17-16(18)13-9-11-3-1-2-6-20-14(11)10-12(13)15-4-7-19-8-5-15/h9-10H,1-8H2. The molecule has 0 aromatic heterocycles. The molecule has 1 fully saturated rings. The second-order valence-electron chi connectivity index (χ2n) is 5.11. The van der Waals surface area contributed by atoms with Crippen LogP contribution in [0.2, 0.25) is 0 Å². The van der Waals surface area contributed by atoms with Crippen molar-refractivity contribution in [2.24, 2.45) is 0 Å². The topological polar surface area (TPSA) is 64.8 Å². The van der Waals surface area contributed by atoms with E-state index < -0.39 is 0 Å². The highest BCUT2D eigenvalue weighted by molar-refractivity contribution is 5.68. The number of nitrogens with zero attached hydrogens (tertiary/aromatic N) is 2. The summed E-state index contributed by atoms with van der Waals surface area (Å²) in [6.07, 6.45) is 2.86. The molecule has 0 bridgehead atoms. The minimum atomic E-state index is -0.296. The SMILES string of the molecule is O=[N+]([O-])c1cc2c(cc1N1CCOCC1)OCCCC2. The van der Waals surface area contributed by atoms with Gasteiger partial charge in [0.2, 0.25) is 0 Å². The number of morpholine rings is 1. The van der Waals surface area contributed by atoms with Crippen molar-refractivity contribution in [1.29, 1.82) is 0 Å². The Balaban J connectivity index is 2.01. The molecule has 0 aliphatic carbocycles. The summed E-state index contributed by atoms with van der Waals surface area (Å²) in [7, 11) is 0. The molecule has 1 saturated heterocycles. The lowest BCUT2D eigenvalue weighted by Gasteiger charge is -2.29. The van der Waals surface area contributed by atoms with Gasteiger partial charge in [-0.05, 0) is 19.3 Å². The third kappa shape index (κ3) is 2.56. The van der Waals surface area contributed by atoms with Crippen molar-refractivity contribution in [3.8, 4) is 5.75 Å². The van der Waals surface area contributed by atoms with Gasteiger partial charge in [0.25, 0.3) is 5.69 Å². The zero-order valence-electron chi connectivity index (χ0n) is 11.3. The Bertz CT molecular complexity index is 512. The molecule has 0 N–H and O–H groups in total. The van der Waals surface area contributed by atoms with Crippen LogP contribution >= 0.6 is 0 Å². The molecule has 3 rings (SSSR count). The van der Waals surface area contributed by atoms with Gasteiger partial charge >= 0.3 is 0 Å². The van der Waals surface area contributed by atoms with E-state index in [1.807, 2.05) is 11.0 Å². The number of fused-ring (bicyclic) bond motifs is 1. The third-order valence-corrected chi connectivity index (χ3v) is 3.80. The van der Waals surface area contributed by atoms with Crippen molar-refractivity contribution >= 4 is 11.4 Å². The number of hydrogen-bond acceptors (Lipinski definition) is 5. The van der Waals surface area contributed by atoms with Crippen molar-refractivity contribution in [3.63, 3.8) is 0 Å². The molecule has 1 aromatic carbocycles. The summed E-state index contributed by atoms with van der Waals surface area (Å²) in [5, 5.41) is 11.3. The van der Waals surface area contributed by atoms with Crippen molar-refractivity contribution < 1.29 is 14.4 Å². The number of aryl methyl sites for hydroxylation is 1. The molecular weight excluding hydrogens is 260 g/mol. The van der Waals surface area contributed by atoms with Gasteiger partial charge in [0.15, 0.2) is 0 Å². The summed E-state index contributed by atoms with van der Waals surface area (Å²) in [6.45, 7) is 3.26. The zero-order valence-corrected chi connectivity index (χ0v) is 11.3. The van der Waals surface area contributed by atoms with Crippen LogP contribution in [-0.4, -0.2) is 37.8 Å². The largest absolute Gasteiger partial charge is 0.493 e. The Kier molecular flexibility index (Phi) is 3.73. The van der Waals surface area contributed by atoms with Crippen LogP contribution in [0.25, 0.3) is 0 Å². The molecule has 2 aliphatic rings. The van der Waals surface area contributed by atoms with Gasteiger partial charge in [0.1, 0.15) is 11.4 Å². The molecule has 2 aliphatic heterocycles. The van der Waals surface area contributed by atoms with Gasteiger partial charge in [0.05, 0.1) is 24.7 Å². The van der Waals surface area contributed by atoms with Crippen LogP contribution in [0.1, 0.15) is 18.4 Å².